The summed E-state index contributed by atoms with van der Waals surface area (Å²) in [5, 5.41) is 54.5. The van der Waals surface area contributed by atoms with E-state index in [1.54, 1.807) is 50.5 Å². The minimum absolute atomic E-state index is 0.00960. The van der Waals surface area contributed by atoms with Gasteiger partial charge >= 0.3 is 5.97 Å². The van der Waals surface area contributed by atoms with Crippen LogP contribution in [0.15, 0.2) is 84.6 Å². The van der Waals surface area contributed by atoms with E-state index in [4.69, 9.17) is 37.9 Å². The van der Waals surface area contributed by atoms with Crippen LogP contribution in [-0.2, 0) is 49.3 Å². The molecular weight excluding hydrogens is 917 g/mol. The molecule has 2 aromatic carbocycles. The molecule has 18 heteroatoms. The fraction of sp³-hybridized carbons (Fsp3) is 0.623. The minimum atomic E-state index is -1.31. The van der Waals surface area contributed by atoms with Crippen molar-refractivity contribution < 1.29 is 67.9 Å². The number of benzene rings is 2. The Morgan fingerprint density at radius 1 is 0.817 bits per heavy atom. The van der Waals surface area contributed by atoms with E-state index in [1.807, 2.05) is 87.6 Å². The molecule has 18 nitrogen and oxygen atoms in total. The number of allylic oxidation sites excluding steroid dienone is 3. The van der Waals surface area contributed by atoms with Crippen molar-refractivity contribution in [2.75, 3.05) is 34.9 Å². The maximum absolute atomic E-state index is 14.1. The molecule has 3 aromatic rings. The number of esters is 1. The number of aliphatic hydroxyl groups excluding tert-OH is 4. The first kappa shape index (κ1) is 55.9. The van der Waals surface area contributed by atoms with E-state index in [0.29, 0.717) is 36.4 Å². The molecule has 3 aliphatic rings. The van der Waals surface area contributed by atoms with Crippen LogP contribution in [0.3, 0.4) is 0 Å². The Kier molecular flexibility index (Phi) is 20.4. The minimum Gasteiger partial charge on any atom is -0.462 e. The number of carbonyl (C=O) groups excluding carboxylic acids is 2. The molecule has 4 heterocycles. The average Bonchev–Trinajstić information content (AvgIpc) is 3.83. The number of methoxy groups -OCH3 is 2. The quantitative estimate of drug-likeness (QED) is 0.145. The molecule has 0 aliphatic carbocycles. The Hall–Kier alpha value is -4.44. The number of likely N-dealkylation sites (N-methyl/N-ethyl adjacent to an activating group) is 1. The number of rotatable bonds is 15. The molecular formula is C53H76N4O14. The molecule has 0 amide bonds. The van der Waals surface area contributed by atoms with Crippen LogP contribution in [-0.4, -0.2) is 167 Å². The van der Waals surface area contributed by atoms with Gasteiger partial charge in [0.05, 0.1) is 55.8 Å². The SMILES string of the molecule is CC[C@H]1OC(=O)C[C@@H](O)[C@H](C)[C@@H](O[C@@H]2O[C@H](C)[C@@H](O)C(N(C)C)C2O)[C@@H](CCn2cc(-c3ccc(Oc4ccccc4)cc3)nn2)C[C@@H](C)C(=O)/C=C/C(C)=C/[C@@H]1CO[C@@H]1OC(C)[C@@H](O)[C@H](OC)C1OC. The van der Waals surface area contributed by atoms with Crippen molar-refractivity contribution in [1.29, 1.82) is 0 Å². The van der Waals surface area contributed by atoms with Crippen molar-refractivity contribution in [3.8, 4) is 22.8 Å². The lowest BCUT2D eigenvalue weighted by atomic mass is 9.79. The monoisotopic (exact) mass is 993 g/mol. The first-order valence-electron chi connectivity index (χ1n) is 24.8. The van der Waals surface area contributed by atoms with Crippen molar-refractivity contribution in [2.24, 2.45) is 23.7 Å². The van der Waals surface area contributed by atoms with E-state index >= 15 is 0 Å². The van der Waals surface area contributed by atoms with Crippen molar-refractivity contribution in [3.63, 3.8) is 0 Å². The summed E-state index contributed by atoms with van der Waals surface area (Å²) in [6.07, 6.45) is -3.60. The molecule has 2 saturated heterocycles. The van der Waals surface area contributed by atoms with Crippen LogP contribution >= 0.6 is 0 Å². The normalized spacial score (nSPS) is 35.9. The van der Waals surface area contributed by atoms with Crippen LogP contribution < -0.4 is 4.74 Å². The summed E-state index contributed by atoms with van der Waals surface area (Å²) in [5.41, 5.74) is 2.18. The number of para-hydroxylation sites is 1. The summed E-state index contributed by atoms with van der Waals surface area (Å²) in [6.45, 7) is 11.1. The fourth-order valence-electron chi connectivity index (χ4n) is 9.84. The molecule has 6 rings (SSSR count). The number of nitrogens with zero attached hydrogens (tertiary/aromatic N) is 4. The van der Waals surface area contributed by atoms with E-state index < -0.39 is 116 Å². The lowest BCUT2D eigenvalue weighted by molar-refractivity contribution is -0.304. The van der Waals surface area contributed by atoms with Crippen molar-refractivity contribution in [2.45, 2.75) is 153 Å². The van der Waals surface area contributed by atoms with Gasteiger partial charge in [0.25, 0.3) is 0 Å². The van der Waals surface area contributed by atoms with Crippen LogP contribution in [0.2, 0.25) is 0 Å². The van der Waals surface area contributed by atoms with E-state index in [2.05, 4.69) is 10.3 Å². The van der Waals surface area contributed by atoms with Gasteiger partial charge in [0, 0.05) is 44.1 Å². The third-order valence-electron chi connectivity index (χ3n) is 14.1. The lowest BCUT2D eigenvalue weighted by Crippen LogP contribution is -2.63. The van der Waals surface area contributed by atoms with Crippen LogP contribution in [0.4, 0.5) is 0 Å². The Labute approximate surface area is 417 Å². The highest BCUT2D eigenvalue weighted by Gasteiger charge is 2.48. The van der Waals surface area contributed by atoms with Gasteiger partial charge in [0.1, 0.15) is 47.7 Å². The third kappa shape index (κ3) is 14.4. The highest BCUT2D eigenvalue weighted by Crippen LogP contribution is 2.36. The zero-order valence-electron chi connectivity index (χ0n) is 42.7. The lowest BCUT2D eigenvalue weighted by Gasteiger charge is -2.46. The first-order valence-corrected chi connectivity index (χ1v) is 24.8. The molecule has 0 saturated carbocycles. The maximum atomic E-state index is 14.1. The molecule has 0 spiro atoms. The molecule has 392 valence electrons. The Morgan fingerprint density at radius 3 is 2.14 bits per heavy atom. The van der Waals surface area contributed by atoms with Crippen molar-refractivity contribution in [3.05, 3.63) is 84.6 Å². The third-order valence-corrected chi connectivity index (χ3v) is 14.1. The van der Waals surface area contributed by atoms with E-state index in [9.17, 15) is 30.0 Å². The van der Waals surface area contributed by atoms with Gasteiger partial charge in [-0.1, -0.05) is 61.9 Å². The van der Waals surface area contributed by atoms with Crippen LogP contribution in [0.5, 0.6) is 11.5 Å². The predicted octanol–water partition coefficient (Wildman–Crippen LogP) is 5.11. The number of hydrogen-bond donors (Lipinski definition) is 4. The van der Waals surface area contributed by atoms with Crippen LogP contribution in [0.25, 0.3) is 11.3 Å². The second kappa shape index (κ2) is 26.0. The summed E-state index contributed by atoms with van der Waals surface area (Å²) in [6, 6.07) is 16.3. The highest BCUT2D eigenvalue weighted by molar-refractivity contribution is 5.91. The molecule has 4 unspecified atom stereocenters. The Bertz CT molecular complexity index is 2190. The van der Waals surface area contributed by atoms with E-state index in [1.165, 1.54) is 20.3 Å². The first-order chi connectivity index (χ1) is 33.9. The van der Waals surface area contributed by atoms with E-state index in [0.717, 1.165) is 11.3 Å². The Morgan fingerprint density at radius 2 is 1.48 bits per heavy atom. The average molecular weight is 993 g/mol. The number of aromatic nitrogens is 3. The number of carbonyl (C=O) groups is 2. The number of aryl methyl sites for hydroxylation is 1. The van der Waals surface area contributed by atoms with Crippen LogP contribution in [0, 0.1) is 23.7 Å². The number of cyclic esters (lactones) is 1. The zero-order valence-corrected chi connectivity index (χ0v) is 42.7. The number of aliphatic hydroxyl groups is 4. The molecule has 2 fully saturated rings. The Balaban J connectivity index is 1.28. The summed E-state index contributed by atoms with van der Waals surface area (Å²) in [5.74, 6) is -1.74. The van der Waals surface area contributed by atoms with Gasteiger partial charge in [0.2, 0.25) is 0 Å². The van der Waals surface area contributed by atoms with Gasteiger partial charge in [-0.3, -0.25) is 14.3 Å². The molecule has 4 N–H and O–H groups in total. The summed E-state index contributed by atoms with van der Waals surface area (Å²) in [4.78, 5) is 29.8. The van der Waals surface area contributed by atoms with Gasteiger partial charge in [-0.2, -0.15) is 0 Å². The largest absolute Gasteiger partial charge is 0.462 e. The van der Waals surface area contributed by atoms with Crippen molar-refractivity contribution >= 4 is 11.8 Å². The summed E-state index contributed by atoms with van der Waals surface area (Å²) in [7, 11) is 6.45. The highest BCUT2D eigenvalue weighted by atomic mass is 16.7. The fourth-order valence-corrected chi connectivity index (χ4v) is 9.84. The molecule has 17 atom stereocenters. The van der Waals surface area contributed by atoms with Gasteiger partial charge in [-0.25, -0.2) is 0 Å². The number of ether oxygens (including phenoxy) is 8. The number of hydrogen-bond acceptors (Lipinski definition) is 17. The molecule has 1 aromatic heterocycles. The molecule has 0 radical (unpaired) electrons. The molecule has 0 bridgehead atoms. The van der Waals surface area contributed by atoms with Crippen molar-refractivity contribution in [1.82, 2.24) is 19.9 Å². The second-order valence-corrected chi connectivity index (χ2v) is 19.5. The summed E-state index contributed by atoms with van der Waals surface area (Å²) < 4.78 is 50.4. The zero-order chi connectivity index (χ0) is 51.5. The standard InChI is InChI=1S/C53H76N4O14/c1-11-43-37(29-66-53-51(65-10)50(64-9)47(62)34(6)68-53)25-30(2)17-22-41(58)31(3)26-36(23-24-57-28-40(54-55-57)35-18-20-39(21-19-35)69-38-15-13-12-14-16-38)49(32(4)42(59)27-44(60)70-43)71-52-48(63)45(56(7)8)46(61)33(5)67-52/h12-22,25,28,31-34,36-37,42-43,45-53,59,61-63H,11,23-24,26-27,29H2,1-10H3/b22-17+,30-25+/t31-,32+,33-,34?,36+,37-,42-,43-,45?,46-,47-,48?,49-,50+,51?,52+,53-/m1/s1. The topological polar surface area (TPSA) is 223 Å². The van der Waals surface area contributed by atoms with E-state index in [-0.39, 0.29) is 18.8 Å². The van der Waals surface area contributed by atoms with Crippen LogP contribution in [0.1, 0.15) is 67.2 Å². The maximum Gasteiger partial charge on any atom is 0.308 e. The second-order valence-electron chi connectivity index (χ2n) is 19.5. The smallest absolute Gasteiger partial charge is 0.308 e. The summed E-state index contributed by atoms with van der Waals surface area (Å²) >= 11 is 0. The van der Waals surface area contributed by atoms with Gasteiger partial charge in [-0.05, 0) is 103 Å². The van der Waals surface area contributed by atoms with Gasteiger partial charge in [-0.15, -0.1) is 5.10 Å². The molecule has 3 aliphatic heterocycles. The predicted molar refractivity (Wildman–Crippen MR) is 262 cm³/mol. The molecule has 71 heavy (non-hydrogen) atoms. The van der Waals surface area contributed by atoms with Gasteiger partial charge in [0.15, 0.2) is 18.4 Å². The number of ketones is 1. The van der Waals surface area contributed by atoms with Gasteiger partial charge < -0.3 is 63.2 Å².